The van der Waals surface area contributed by atoms with Crippen LogP contribution in [0.1, 0.15) is 19.3 Å². The highest BCUT2D eigenvalue weighted by atomic mass is 35.5. The zero-order valence-corrected chi connectivity index (χ0v) is 13.4. The molecular formula is C15H19ClN4O3. The molecular weight excluding hydrogens is 320 g/mol. The molecule has 124 valence electrons. The van der Waals surface area contributed by atoms with Gasteiger partial charge in [0.1, 0.15) is 0 Å². The number of hydrogen-bond acceptors (Lipinski definition) is 4. The number of likely N-dealkylation sites (tertiary alicyclic amines) is 1. The fraction of sp³-hybridized carbons (Fsp3) is 0.400. The van der Waals surface area contributed by atoms with Crippen LogP contribution in [0.4, 0.5) is 11.4 Å². The summed E-state index contributed by atoms with van der Waals surface area (Å²) in [6.45, 7) is 1.69. The van der Waals surface area contributed by atoms with Crippen LogP contribution in [0.25, 0.3) is 0 Å². The van der Waals surface area contributed by atoms with Gasteiger partial charge in [0.15, 0.2) is 0 Å². The molecule has 1 fully saturated rings. The Balaban J connectivity index is 1.71. The number of nitrogens with two attached hydrogens (primary N) is 1. The van der Waals surface area contributed by atoms with E-state index in [1.807, 2.05) is 0 Å². The molecule has 23 heavy (non-hydrogen) atoms. The van der Waals surface area contributed by atoms with Crippen LogP contribution in [-0.2, 0) is 14.4 Å². The van der Waals surface area contributed by atoms with Crippen molar-refractivity contribution >= 4 is 40.7 Å². The molecule has 0 saturated carbocycles. The van der Waals surface area contributed by atoms with Crippen molar-refractivity contribution in [3.05, 3.63) is 23.2 Å². The molecule has 8 heteroatoms. The zero-order valence-electron chi connectivity index (χ0n) is 12.6. The first-order valence-electron chi connectivity index (χ1n) is 7.39. The third-order valence-corrected chi connectivity index (χ3v) is 3.85. The van der Waals surface area contributed by atoms with Gasteiger partial charge in [0.05, 0.1) is 10.7 Å². The van der Waals surface area contributed by atoms with Gasteiger partial charge in [-0.3, -0.25) is 14.4 Å². The Labute approximate surface area is 139 Å². The van der Waals surface area contributed by atoms with Crippen molar-refractivity contribution in [3.8, 4) is 0 Å². The van der Waals surface area contributed by atoms with Crippen molar-refractivity contribution < 1.29 is 14.4 Å². The molecule has 1 aromatic carbocycles. The molecule has 0 spiro atoms. The summed E-state index contributed by atoms with van der Waals surface area (Å²) in [4.78, 5) is 36.6. The highest BCUT2D eigenvalue weighted by Crippen LogP contribution is 2.22. The molecule has 0 aliphatic carbocycles. The second kappa shape index (κ2) is 7.82. The van der Waals surface area contributed by atoms with Gasteiger partial charge in [-0.05, 0) is 31.0 Å². The smallest absolute Gasteiger partial charge is 0.313 e. The zero-order chi connectivity index (χ0) is 16.8. The molecule has 0 radical (unpaired) electrons. The van der Waals surface area contributed by atoms with E-state index in [9.17, 15) is 14.4 Å². The number of nitrogens with one attached hydrogen (secondary N) is 2. The molecule has 1 saturated heterocycles. The summed E-state index contributed by atoms with van der Waals surface area (Å²) in [6.07, 6.45) is 2.09. The molecule has 3 amide bonds. The van der Waals surface area contributed by atoms with Crippen LogP contribution in [0.2, 0.25) is 5.02 Å². The topological polar surface area (TPSA) is 105 Å². The standard InChI is InChI=1S/C15H19ClN4O3/c16-11-9-10(4-5-12(11)17)19-15(23)14(22)18-6-2-8-20-7-1-3-13(20)21/h4-5,9H,1-3,6-8,17H2,(H,18,22)(H,19,23). The van der Waals surface area contributed by atoms with Crippen molar-refractivity contribution in [2.24, 2.45) is 0 Å². The highest BCUT2D eigenvalue weighted by molar-refractivity contribution is 6.40. The maximum Gasteiger partial charge on any atom is 0.313 e. The maximum atomic E-state index is 11.7. The van der Waals surface area contributed by atoms with Crippen LogP contribution in [0, 0.1) is 0 Å². The van der Waals surface area contributed by atoms with Gasteiger partial charge in [-0.25, -0.2) is 0 Å². The lowest BCUT2D eigenvalue weighted by Gasteiger charge is -2.15. The SMILES string of the molecule is Nc1ccc(NC(=O)C(=O)NCCCN2CCCC2=O)cc1Cl. The van der Waals surface area contributed by atoms with Gasteiger partial charge in [0, 0.05) is 31.7 Å². The summed E-state index contributed by atoms with van der Waals surface area (Å²) in [5.41, 5.74) is 6.36. The molecule has 1 aromatic rings. The van der Waals surface area contributed by atoms with E-state index in [0.717, 1.165) is 13.0 Å². The predicted molar refractivity (Wildman–Crippen MR) is 87.9 cm³/mol. The summed E-state index contributed by atoms with van der Waals surface area (Å²) in [5.74, 6) is -1.36. The number of benzene rings is 1. The van der Waals surface area contributed by atoms with Gasteiger partial charge < -0.3 is 21.3 Å². The first-order chi connectivity index (χ1) is 11.0. The lowest BCUT2D eigenvalue weighted by molar-refractivity contribution is -0.136. The van der Waals surface area contributed by atoms with Gasteiger partial charge in [-0.15, -0.1) is 0 Å². The molecule has 0 unspecified atom stereocenters. The molecule has 1 aliphatic rings. The van der Waals surface area contributed by atoms with E-state index in [-0.39, 0.29) is 5.91 Å². The van der Waals surface area contributed by atoms with E-state index in [2.05, 4.69) is 10.6 Å². The number of rotatable bonds is 5. The molecule has 2 rings (SSSR count). The minimum absolute atomic E-state index is 0.147. The molecule has 4 N–H and O–H groups in total. The van der Waals surface area contributed by atoms with Crippen LogP contribution < -0.4 is 16.4 Å². The number of amides is 3. The van der Waals surface area contributed by atoms with Crippen LogP contribution >= 0.6 is 11.6 Å². The minimum Gasteiger partial charge on any atom is -0.398 e. The summed E-state index contributed by atoms with van der Waals surface area (Å²) >= 11 is 5.84. The first kappa shape index (κ1) is 17.1. The third-order valence-electron chi connectivity index (χ3n) is 3.53. The molecule has 0 bridgehead atoms. The molecule has 1 aliphatic heterocycles. The molecule has 7 nitrogen and oxygen atoms in total. The van der Waals surface area contributed by atoms with Gasteiger partial charge in [0.2, 0.25) is 5.91 Å². The Hall–Kier alpha value is -2.28. The minimum atomic E-state index is -0.775. The van der Waals surface area contributed by atoms with E-state index in [4.69, 9.17) is 17.3 Å². The van der Waals surface area contributed by atoms with Gasteiger partial charge in [0.25, 0.3) is 0 Å². The number of anilines is 2. The average Bonchev–Trinajstić information content (AvgIpc) is 2.92. The quantitative estimate of drug-likeness (QED) is 0.423. The third kappa shape index (κ3) is 4.85. The van der Waals surface area contributed by atoms with Crippen LogP contribution in [0.5, 0.6) is 0 Å². The summed E-state index contributed by atoms with van der Waals surface area (Å²) < 4.78 is 0. The largest absolute Gasteiger partial charge is 0.398 e. The fourth-order valence-corrected chi connectivity index (χ4v) is 2.47. The second-order valence-corrected chi connectivity index (χ2v) is 5.69. The van der Waals surface area contributed by atoms with Gasteiger partial charge in [-0.1, -0.05) is 11.6 Å². The molecule has 1 heterocycles. The first-order valence-corrected chi connectivity index (χ1v) is 7.77. The summed E-state index contributed by atoms with van der Waals surface area (Å²) in [7, 11) is 0. The van der Waals surface area contributed by atoms with Crippen LogP contribution in [0.15, 0.2) is 18.2 Å². The maximum absolute atomic E-state index is 11.7. The van der Waals surface area contributed by atoms with E-state index >= 15 is 0 Å². The van der Waals surface area contributed by atoms with Crippen molar-refractivity contribution in [1.82, 2.24) is 10.2 Å². The average molecular weight is 339 g/mol. The van der Waals surface area contributed by atoms with E-state index < -0.39 is 11.8 Å². The molecule has 0 atom stereocenters. The normalized spacial score (nSPS) is 14.0. The predicted octanol–water partition coefficient (Wildman–Crippen LogP) is 0.989. The lowest BCUT2D eigenvalue weighted by Crippen LogP contribution is -2.37. The summed E-state index contributed by atoms with van der Waals surface area (Å²) in [6, 6.07) is 4.58. The Morgan fingerprint density at radius 2 is 2.09 bits per heavy atom. The monoisotopic (exact) mass is 338 g/mol. The number of nitrogens with zero attached hydrogens (tertiary/aromatic N) is 1. The fourth-order valence-electron chi connectivity index (χ4n) is 2.29. The van der Waals surface area contributed by atoms with Crippen LogP contribution in [-0.4, -0.2) is 42.3 Å². The van der Waals surface area contributed by atoms with Crippen molar-refractivity contribution in [2.45, 2.75) is 19.3 Å². The molecule has 0 aromatic heterocycles. The highest BCUT2D eigenvalue weighted by Gasteiger charge is 2.19. The Kier molecular flexibility index (Phi) is 5.81. The van der Waals surface area contributed by atoms with Crippen LogP contribution in [0.3, 0.4) is 0 Å². The van der Waals surface area contributed by atoms with E-state index in [1.54, 1.807) is 17.0 Å². The van der Waals surface area contributed by atoms with Crippen molar-refractivity contribution in [1.29, 1.82) is 0 Å². The number of halogens is 1. The van der Waals surface area contributed by atoms with Crippen molar-refractivity contribution in [3.63, 3.8) is 0 Å². The van der Waals surface area contributed by atoms with Gasteiger partial charge >= 0.3 is 11.8 Å². The number of carbonyl (C=O) groups excluding carboxylic acids is 3. The van der Waals surface area contributed by atoms with Gasteiger partial charge in [-0.2, -0.15) is 0 Å². The lowest BCUT2D eigenvalue weighted by atomic mass is 10.3. The van der Waals surface area contributed by atoms with E-state index in [1.165, 1.54) is 6.07 Å². The number of carbonyl (C=O) groups is 3. The van der Waals surface area contributed by atoms with E-state index in [0.29, 0.717) is 42.3 Å². The Morgan fingerprint density at radius 1 is 1.30 bits per heavy atom. The second-order valence-electron chi connectivity index (χ2n) is 5.28. The number of hydrogen-bond donors (Lipinski definition) is 3. The van der Waals surface area contributed by atoms with Crippen molar-refractivity contribution in [2.75, 3.05) is 30.7 Å². The Bertz CT molecular complexity index is 621. The number of nitrogen functional groups attached to an aromatic ring is 1. The summed E-state index contributed by atoms with van der Waals surface area (Å²) in [5, 5.41) is 5.27. The Morgan fingerprint density at radius 3 is 2.74 bits per heavy atom.